The van der Waals surface area contributed by atoms with Crippen molar-refractivity contribution in [1.82, 2.24) is 4.90 Å². The monoisotopic (exact) mass is 215 g/mol. The summed E-state index contributed by atoms with van der Waals surface area (Å²) in [6.07, 6.45) is 1.80. The predicted molar refractivity (Wildman–Crippen MR) is 64.2 cm³/mol. The molecule has 0 aromatic rings. The second kappa shape index (κ2) is 6.67. The highest BCUT2D eigenvalue weighted by molar-refractivity contribution is 5.79. The molecule has 0 aromatic carbocycles. The Hall–Kier alpha value is -0.770. The van der Waals surface area contributed by atoms with E-state index in [2.05, 4.69) is 37.8 Å². The fraction of sp³-hybridized carbons (Fsp3) is 0.909. The van der Waals surface area contributed by atoms with Gasteiger partial charge in [0.15, 0.2) is 0 Å². The summed E-state index contributed by atoms with van der Waals surface area (Å²) in [4.78, 5) is 2.32. The Labute approximate surface area is 93.1 Å². The smallest absolute Gasteiger partial charge is 0.140 e. The predicted octanol–water partition coefficient (Wildman–Crippen LogP) is 1.88. The normalized spacial score (nSPS) is 13.5. The maximum atomic E-state index is 8.42. The molecule has 0 saturated carbocycles. The van der Waals surface area contributed by atoms with Crippen LogP contribution in [-0.4, -0.2) is 35.6 Å². The number of oxime groups is 1. The van der Waals surface area contributed by atoms with Gasteiger partial charge >= 0.3 is 0 Å². The molecule has 0 saturated heterocycles. The molecule has 0 heterocycles. The van der Waals surface area contributed by atoms with Crippen LogP contribution in [0.15, 0.2) is 5.16 Å². The molecule has 0 fully saturated rings. The van der Waals surface area contributed by atoms with Gasteiger partial charge in [0.2, 0.25) is 0 Å². The minimum Gasteiger partial charge on any atom is -0.409 e. The molecular weight excluding hydrogens is 190 g/mol. The van der Waals surface area contributed by atoms with Crippen molar-refractivity contribution in [3.8, 4) is 0 Å². The van der Waals surface area contributed by atoms with E-state index in [-0.39, 0.29) is 0 Å². The third-order valence-electron chi connectivity index (χ3n) is 2.44. The lowest BCUT2D eigenvalue weighted by atomic mass is 9.92. The minimum absolute atomic E-state index is 0.309. The third-order valence-corrected chi connectivity index (χ3v) is 2.44. The van der Waals surface area contributed by atoms with Gasteiger partial charge in [-0.2, -0.15) is 0 Å². The second-order valence-electron chi connectivity index (χ2n) is 5.09. The lowest BCUT2D eigenvalue weighted by Gasteiger charge is -2.25. The summed E-state index contributed by atoms with van der Waals surface area (Å²) in [5.41, 5.74) is 5.80. The van der Waals surface area contributed by atoms with Gasteiger partial charge in [0, 0.05) is 13.0 Å². The van der Waals surface area contributed by atoms with Crippen LogP contribution in [0.25, 0.3) is 0 Å². The Morgan fingerprint density at radius 3 is 2.33 bits per heavy atom. The quantitative estimate of drug-likeness (QED) is 0.308. The molecule has 0 unspecified atom stereocenters. The van der Waals surface area contributed by atoms with E-state index < -0.39 is 0 Å². The standard InChI is InChI=1S/C11H25N3O/c1-5-14(8-6-10(12)13-15)9-7-11(2,3)4/h15H,5-9H2,1-4H3,(H2,12,13). The van der Waals surface area contributed by atoms with Crippen molar-refractivity contribution in [3.05, 3.63) is 0 Å². The summed E-state index contributed by atoms with van der Waals surface area (Å²) >= 11 is 0. The van der Waals surface area contributed by atoms with Crippen molar-refractivity contribution >= 4 is 5.84 Å². The lowest BCUT2D eigenvalue weighted by molar-refractivity contribution is 0.240. The van der Waals surface area contributed by atoms with Crippen LogP contribution >= 0.6 is 0 Å². The molecule has 0 atom stereocenters. The maximum absolute atomic E-state index is 8.42. The van der Waals surface area contributed by atoms with E-state index in [1.54, 1.807) is 0 Å². The van der Waals surface area contributed by atoms with Crippen LogP contribution in [0.5, 0.6) is 0 Å². The average Bonchev–Trinajstić information content (AvgIpc) is 2.16. The largest absolute Gasteiger partial charge is 0.409 e. The fourth-order valence-corrected chi connectivity index (χ4v) is 1.24. The highest BCUT2D eigenvalue weighted by Gasteiger charge is 2.12. The molecule has 0 aliphatic heterocycles. The molecule has 4 heteroatoms. The van der Waals surface area contributed by atoms with Crippen molar-refractivity contribution in [2.45, 2.75) is 40.5 Å². The van der Waals surface area contributed by atoms with Gasteiger partial charge in [0.05, 0.1) is 0 Å². The Balaban J connectivity index is 3.84. The van der Waals surface area contributed by atoms with Gasteiger partial charge in [-0.15, -0.1) is 0 Å². The van der Waals surface area contributed by atoms with Gasteiger partial charge in [-0.3, -0.25) is 0 Å². The highest BCUT2D eigenvalue weighted by atomic mass is 16.4. The summed E-state index contributed by atoms with van der Waals surface area (Å²) in [7, 11) is 0. The average molecular weight is 215 g/mol. The van der Waals surface area contributed by atoms with Gasteiger partial charge in [-0.1, -0.05) is 32.9 Å². The summed E-state index contributed by atoms with van der Waals surface area (Å²) in [5.74, 6) is 0.309. The summed E-state index contributed by atoms with van der Waals surface area (Å²) in [6, 6.07) is 0. The summed E-state index contributed by atoms with van der Waals surface area (Å²) < 4.78 is 0. The number of amidine groups is 1. The minimum atomic E-state index is 0.309. The first-order valence-electron chi connectivity index (χ1n) is 5.58. The maximum Gasteiger partial charge on any atom is 0.140 e. The topological polar surface area (TPSA) is 61.8 Å². The molecule has 0 radical (unpaired) electrons. The van der Waals surface area contributed by atoms with Crippen LogP contribution in [0.1, 0.15) is 40.5 Å². The highest BCUT2D eigenvalue weighted by Crippen LogP contribution is 2.18. The summed E-state index contributed by atoms with van der Waals surface area (Å²) in [5, 5.41) is 11.4. The van der Waals surface area contributed by atoms with Gasteiger partial charge in [0.25, 0.3) is 0 Å². The van der Waals surface area contributed by atoms with E-state index in [4.69, 9.17) is 10.9 Å². The van der Waals surface area contributed by atoms with Gasteiger partial charge in [-0.05, 0) is 24.9 Å². The van der Waals surface area contributed by atoms with Crippen LogP contribution in [0.4, 0.5) is 0 Å². The first-order valence-corrected chi connectivity index (χ1v) is 5.58. The van der Waals surface area contributed by atoms with Crippen LogP contribution in [-0.2, 0) is 0 Å². The van der Waals surface area contributed by atoms with E-state index in [0.717, 1.165) is 26.1 Å². The third kappa shape index (κ3) is 8.24. The van der Waals surface area contributed by atoms with Crippen molar-refractivity contribution in [2.24, 2.45) is 16.3 Å². The summed E-state index contributed by atoms with van der Waals surface area (Å²) in [6.45, 7) is 11.8. The van der Waals surface area contributed by atoms with E-state index >= 15 is 0 Å². The second-order valence-corrected chi connectivity index (χ2v) is 5.09. The molecule has 0 aromatic heterocycles. The molecule has 0 bridgehead atoms. The molecule has 15 heavy (non-hydrogen) atoms. The van der Waals surface area contributed by atoms with Gasteiger partial charge < -0.3 is 15.8 Å². The number of hydrogen-bond acceptors (Lipinski definition) is 3. The SMILES string of the molecule is CCN(CCC(N)=NO)CCC(C)(C)C. The zero-order valence-electron chi connectivity index (χ0n) is 10.5. The van der Waals surface area contributed by atoms with E-state index in [0.29, 0.717) is 17.7 Å². The Bertz CT molecular complexity index is 196. The number of nitrogens with two attached hydrogens (primary N) is 1. The number of rotatable bonds is 6. The van der Waals surface area contributed by atoms with Gasteiger partial charge in [0.1, 0.15) is 5.84 Å². The van der Waals surface area contributed by atoms with Crippen LogP contribution < -0.4 is 5.73 Å². The van der Waals surface area contributed by atoms with Crippen LogP contribution in [0.3, 0.4) is 0 Å². The van der Waals surface area contributed by atoms with E-state index in [9.17, 15) is 0 Å². The van der Waals surface area contributed by atoms with Gasteiger partial charge in [-0.25, -0.2) is 0 Å². The van der Waals surface area contributed by atoms with E-state index in [1.165, 1.54) is 0 Å². The first kappa shape index (κ1) is 14.2. The molecule has 0 aliphatic carbocycles. The molecule has 3 N–H and O–H groups in total. The fourth-order valence-electron chi connectivity index (χ4n) is 1.24. The molecule has 0 spiro atoms. The van der Waals surface area contributed by atoms with Crippen molar-refractivity contribution in [2.75, 3.05) is 19.6 Å². The zero-order valence-corrected chi connectivity index (χ0v) is 10.5. The molecular formula is C11H25N3O. The van der Waals surface area contributed by atoms with Crippen LogP contribution in [0.2, 0.25) is 0 Å². The Kier molecular flexibility index (Phi) is 6.32. The molecule has 0 rings (SSSR count). The molecule has 0 aliphatic rings. The lowest BCUT2D eigenvalue weighted by Crippen LogP contribution is -2.31. The molecule has 4 nitrogen and oxygen atoms in total. The van der Waals surface area contributed by atoms with Crippen LogP contribution in [0, 0.1) is 5.41 Å². The molecule has 0 amide bonds. The first-order chi connectivity index (χ1) is 6.89. The van der Waals surface area contributed by atoms with Crippen molar-refractivity contribution in [1.29, 1.82) is 0 Å². The van der Waals surface area contributed by atoms with E-state index in [1.807, 2.05) is 0 Å². The Morgan fingerprint density at radius 1 is 1.33 bits per heavy atom. The molecule has 90 valence electrons. The van der Waals surface area contributed by atoms with Crippen molar-refractivity contribution < 1.29 is 5.21 Å². The number of hydrogen-bond donors (Lipinski definition) is 2. The van der Waals surface area contributed by atoms with Crippen molar-refractivity contribution in [3.63, 3.8) is 0 Å². The Morgan fingerprint density at radius 2 is 1.93 bits per heavy atom. The number of nitrogens with zero attached hydrogens (tertiary/aromatic N) is 2. The zero-order chi connectivity index (χ0) is 11.9.